The van der Waals surface area contributed by atoms with Crippen LogP contribution in [0.15, 0.2) is 69.2 Å². The summed E-state index contributed by atoms with van der Waals surface area (Å²) >= 11 is 1.24. The number of anilines is 1. The van der Waals surface area contributed by atoms with Gasteiger partial charge in [-0.1, -0.05) is 47.3 Å². The first-order valence-electron chi connectivity index (χ1n) is 9.85. The zero-order chi connectivity index (χ0) is 21.8. The molecule has 1 saturated heterocycles. The van der Waals surface area contributed by atoms with E-state index in [9.17, 15) is 13.2 Å². The highest BCUT2D eigenvalue weighted by atomic mass is 32.2. The van der Waals surface area contributed by atoms with Crippen LogP contribution in [0.1, 0.15) is 29.4 Å². The van der Waals surface area contributed by atoms with E-state index >= 15 is 0 Å². The van der Waals surface area contributed by atoms with Crippen LogP contribution < -0.4 is 5.32 Å². The highest BCUT2D eigenvalue weighted by Gasteiger charge is 2.28. The number of amides is 1. The van der Waals surface area contributed by atoms with Crippen molar-refractivity contribution in [2.24, 2.45) is 0 Å². The van der Waals surface area contributed by atoms with Crippen LogP contribution in [0.2, 0.25) is 0 Å². The molecule has 0 unspecified atom stereocenters. The highest BCUT2D eigenvalue weighted by molar-refractivity contribution is 8.00. The normalized spacial score (nSPS) is 15.6. The fourth-order valence-electron chi connectivity index (χ4n) is 3.31. The van der Waals surface area contributed by atoms with Crippen LogP contribution in [-0.2, 0) is 14.8 Å². The van der Waals surface area contributed by atoms with E-state index < -0.39 is 15.3 Å². The zero-order valence-electron chi connectivity index (χ0n) is 16.9. The number of carbonyl (C=O) groups is 1. The van der Waals surface area contributed by atoms with Crippen LogP contribution in [-0.4, -0.2) is 41.9 Å². The third-order valence-corrected chi connectivity index (χ3v) is 7.96. The molecular formula is C21H22N4O4S2. The number of aryl methyl sites for hydroxylation is 1. The lowest BCUT2D eigenvalue weighted by Gasteiger charge is -2.17. The number of pyridine rings is 1. The molecule has 31 heavy (non-hydrogen) atoms. The molecule has 1 atom stereocenters. The first kappa shape index (κ1) is 21.5. The summed E-state index contributed by atoms with van der Waals surface area (Å²) in [5, 5.41) is 6.51. The maximum atomic E-state index is 13.0. The Morgan fingerprint density at radius 2 is 1.90 bits per heavy atom. The van der Waals surface area contributed by atoms with Crippen LogP contribution in [0.25, 0.3) is 0 Å². The van der Waals surface area contributed by atoms with Gasteiger partial charge in [-0.05, 0) is 37.5 Å². The Hall–Kier alpha value is -2.69. The first-order chi connectivity index (χ1) is 14.9. The largest absolute Gasteiger partial charge is 0.360 e. The highest BCUT2D eigenvalue weighted by Crippen LogP contribution is 2.35. The topological polar surface area (TPSA) is 105 Å². The maximum absolute atomic E-state index is 13.0. The molecule has 0 saturated carbocycles. The van der Waals surface area contributed by atoms with E-state index in [0.717, 1.165) is 18.4 Å². The quantitative estimate of drug-likeness (QED) is 0.539. The molecule has 1 aliphatic heterocycles. The van der Waals surface area contributed by atoms with E-state index in [0.29, 0.717) is 29.7 Å². The number of sulfonamides is 1. The van der Waals surface area contributed by atoms with Gasteiger partial charge >= 0.3 is 0 Å². The van der Waals surface area contributed by atoms with Gasteiger partial charge in [0.15, 0.2) is 5.82 Å². The summed E-state index contributed by atoms with van der Waals surface area (Å²) in [5.41, 5.74) is 0.792. The van der Waals surface area contributed by atoms with Gasteiger partial charge in [-0.25, -0.2) is 13.4 Å². The molecule has 1 fully saturated rings. The Bertz CT molecular complexity index is 1140. The van der Waals surface area contributed by atoms with E-state index in [1.807, 2.05) is 30.3 Å². The molecule has 4 rings (SSSR count). The molecule has 1 N–H and O–H groups in total. The van der Waals surface area contributed by atoms with Gasteiger partial charge in [0.25, 0.3) is 0 Å². The molecule has 3 heterocycles. The van der Waals surface area contributed by atoms with E-state index in [1.165, 1.54) is 22.3 Å². The average molecular weight is 459 g/mol. The van der Waals surface area contributed by atoms with Crippen molar-refractivity contribution in [2.75, 3.05) is 18.4 Å². The van der Waals surface area contributed by atoms with Gasteiger partial charge < -0.3 is 9.84 Å². The number of nitrogens with one attached hydrogen (secondary N) is 1. The fourth-order valence-corrected chi connectivity index (χ4v) is 5.73. The first-order valence-corrected chi connectivity index (χ1v) is 12.2. The number of aromatic nitrogens is 2. The standard InChI is InChI=1S/C21H22N4O4S2/c1-15-13-18(24-29-15)23-21(26)20(16-7-3-2-4-8-16)30-19-10-9-17(14-22-19)31(27,28)25-11-5-6-12-25/h2-4,7-10,13-14,20H,5-6,11-12H2,1H3,(H,23,24,26)/t20-/m0/s1. The Labute approximate surface area is 185 Å². The Morgan fingerprint density at radius 1 is 1.16 bits per heavy atom. The molecular weight excluding hydrogens is 436 g/mol. The molecule has 1 aromatic carbocycles. The third-order valence-electron chi connectivity index (χ3n) is 4.87. The molecule has 8 nitrogen and oxygen atoms in total. The van der Waals surface area contributed by atoms with Crippen LogP contribution in [0, 0.1) is 6.92 Å². The number of hydrogen-bond donors (Lipinski definition) is 1. The molecule has 0 aliphatic carbocycles. The van der Waals surface area contributed by atoms with E-state index in [1.54, 1.807) is 25.1 Å². The minimum atomic E-state index is -3.53. The monoisotopic (exact) mass is 458 g/mol. The number of nitrogens with zero attached hydrogens (tertiary/aromatic N) is 3. The summed E-state index contributed by atoms with van der Waals surface area (Å²) in [6, 6.07) is 14.1. The summed E-state index contributed by atoms with van der Waals surface area (Å²) in [4.78, 5) is 17.5. The van der Waals surface area contributed by atoms with Crippen molar-refractivity contribution in [3.63, 3.8) is 0 Å². The van der Waals surface area contributed by atoms with Crippen molar-refractivity contribution in [3.05, 3.63) is 66.1 Å². The lowest BCUT2D eigenvalue weighted by Crippen LogP contribution is -2.27. The SMILES string of the molecule is Cc1cc(NC(=O)[C@@H](Sc2ccc(S(=O)(=O)N3CCCC3)cn2)c2ccccc2)no1. The van der Waals surface area contributed by atoms with Gasteiger partial charge in [-0.2, -0.15) is 4.31 Å². The van der Waals surface area contributed by atoms with Crippen LogP contribution >= 0.6 is 11.8 Å². The van der Waals surface area contributed by atoms with Crippen LogP contribution in [0.4, 0.5) is 5.82 Å². The van der Waals surface area contributed by atoms with Crippen LogP contribution in [0.3, 0.4) is 0 Å². The molecule has 0 spiro atoms. The molecule has 1 aliphatic rings. The van der Waals surface area contributed by atoms with Crippen molar-refractivity contribution in [1.29, 1.82) is 0 Å². The number of carbonyl (C=O) groups excluding carboxylic acids is 1. The van der Waals surface area contributed by atoms with Gasteiger partial charge in [-0.3, -0.25) is 4.79 Å². The summed E-state index contributed by atoms with van der Waals surface area (Å²) in [6.07, 6.45) is 3.11. The Morgan fingerprint density at radius 3 is 2.52 bits per heavy atom. The van der Waals surface area contributed by atoms with Gasteiger partial charge in [0.05, 0.1) is 5.03 Å². The molecule has 0 bridgehead atoms. The number of thioether (sulfide) groups is 1. The summed E-state index contributed by atoms with van der Waals surface area (Å²) in [5.74, 6) is 0.653. The lowest BCUT2D eigenvalue weighted by molar-refractivity contribution is -0.115. The predicted octanol–water partition coefficient (Wildman–Crippen LogP) is 3.63. The van der Waals surface area contributed by atoms with Gasteiger partial charge in [0.2, 0.25) is 15.9 Å². The fraction of sp³-hybridized carbons (Fsp3) is 0.286. The summed E-state index contributed by atoms with van der Waals surface area (Å²) in [6.45, 7) is 2.82. The minimum Gasteiger partial charge on any atom is -0.360 e. The van der Waals surface area contributed by atoms with Crippen molar-refractivity contribution >= 4 is 33.5 Å². The number of benzene rings is 1. The second-order valence-electron chi connectivity index (χ2n) is 7.16. The second-order valence-corrected chi connectivity index (χ2v) is 10.2. The lowest BCUT2D eigenvalue weighted by atomic mass is 10.1. The number of rotatable bonds is 7. The number of hydrogen-bond acceptors (Lipinski definition) is 7. The van der Waals surface area contributed by atoms with Gasteiger partial charge in [-0.15, -0.1) is 0 Å². The van der Waals surface area contributed by atoms with E-state index in [-0.39, 0.29) is 10.8 Å². The van der Waals surface area contributed by atoms with Crippen molar-refractivity contribution in [1.82, 2.24) is 14.4 Å². The average Bonchev–Trinajstić information content (AvgIpc) is 3.45. The third kappa shape index (κ3) is 4.97. The van der Waals surface area contributed by atoms with Crippen molar-refractivity contribution in [3.8, 4) is 0 Å². The Kier molecular flexibility index (Phi) is 6.40. The van der Waals surface area contributed by atoms with E-state index in [4.69, 9.17) is 4.52 Å². The summed E-state index contributed by atoms with van der Waals surface area (Å²) in [7, 11) is -3.53. The molecule has 1 amide bonds. The molecule has 2 aromatic heterocycles. The Balaban J connectivity index is 1.54. The maximum Gasteiger partial charge on any atom is 0.244 e. The second kappa shape index (κ2) is 9.21. The molecule has 0 radical (unpaired) electrons. The predicted molar refractivity (Wildman–Crippen MR) is 117 cm³/mol. The molecule has 3 aromatic rings. The minimum absolute atomic E-state index is 0.164. The zero-order valence-corrected chi connectivity index (χ0v) is 18.5. The van der Waals surface area contributed by atoms with Gasteiger partial charge in [0.1, 0.15) is 15.9 Å². The molecule has 10 heteroatoms. The van der Waals surface area contributed by atoms with Crippen LogP contribution in [0.5, 0.6) is 0 Å². The molecule has 162 valence electrons. The van der Waals surface area contributed by atoms with E-state index in [2.05, 4.69) is 15.5 Å². The van der Waals surface area contributed by atoms with Crippen molar-refractivity contribution in [2.45, 2.75) is 34.9 Å². The summed E-state index contributed by atoms with van der Waals surface area (Å²) < 4.78 is 31.9. The van der Waals surface area contributed by atoms with Gasteiger partial charge in [0, 0.05) is 25.4 Å². The smallest absolute Gasteiger partial charge is 0.244 e. The van der Waals surface area contributed by atoms with Crippen molar-refractivity contribution < 1.29 is 17.7 Å².